The van der Waals surface area contributed by atoms with E-state index in [1.54, 1.807) is 4.90 Å². The largest absolute Gasteiger partial charge is 0.361 e. The van der Waals surface area contributed by atoms with Gasteiger partial charge in [-0.25, -0.2) is 0 Å². The average molecular weight is 264 g/mol. The number of nitrogens with zero attached hydrogens (tertiary/aromatic N) is 2. The summed E-state index contributed by atoms with van der Waals surface area (Å²) in [5, 5.41) is 6.09. The number of aromatic nitrogens is 1. The van der Waals surface area contributed by atoms with E-state index in [0.717, 1.165) is 33.5 Å². The molecule has 1 aromatic heterocycles. The second-order valence-corrected chi connectivity index (χ2v) is 5.00. The molecule has 0 fully saturated rings. The number of hydrogen-bond acceptors (Lipinski definition) is 3. The first kappa shape index (κ1) is 11.2. The molecular weight excluding hydrogens is 252 g/mol. The molecule has 2 heterocycles. The molecule has 20 heavy (non-hydrogen) atoms. The van der Waals surface area contributed by atoms with Gasteiger partial charge in [0.15, 0.2) is 0 Å². The summed E-state index contributed by atoms with van der Waals surface area (Å²) in [6.07, 6.45) is 0. The van der Waals surface area contributed by atoms with Crippen LogP contribution in [-0.2, 0) is 6.54 Å². The van der Waals surface area contributed by atoms with Gasteiger partial charge in [-0.1, -0.05) is 29.4 Å². The van der Waals surface area contributed by atoms with Gasteiger partial charge in [-0.05, 0) is 24.4 Å². The Balaban J connectivity index is 1.84. The number of hydrogen-bond donors (Lipinski definition) is 0. The number of rotatable bonds is 2. The number of carbonyl (C=O) groups is 1. The van der Waals surface area contributed by atoms with Crippen LogP contribution in [0.2, 0.25) is 0 Å². The van der Waals surface area contributed by atoms with Crippen LogP contribution in [0.25, 0.3) is 10.8 Å². The number of amides is 1. The molecule has 0 saturated carbocycles. The lowest BCUT2D eigenvalue weighted by molar-refractivity contribution is 0.0991. The molecule has 3 aromatic rings. The van der Waals surface area contributed by atoms with Crippen molar-refractivity contribution in [1.29, 1.82) is 0 Å². The van der Waals surface area contributed by atoms with Gasteiger partial charge < -0.3 is 9.42 Å². The van der Waals surface area contributed by atoms with Gasteiger partial charge in [0.2, 0.25) is 0 Å². The van der Waals surface area contributed by atoms with E-state index in [1.165, 1.54) is 0 Å². The first-order chi connectivity index (χ1) is 9.74. The van der Waals surface area contributed by atoms with Gasteiger partial charge in [-0.2, -0.15) is 0 Å². The molecule has 4 nitrogen and oxygen atoms in total. The Morgan fingerprint density at radius 2 is 2.00 bits per heavy atom. The Morgan fingerprint density at radius 1 is 1.20 bits per heavy atom. The van der Waals surface area contributed by atoms with Crippen LogP contribution in [0.15, 0.2) is 47.0 Å². The standard InChI is InChI=1S/C16H12N2O2/c1-10-8-12(17-20-10)9-18-14-7-3-5-11-4-2-6-13(15(11)14)16(18)19/h2-8H,9H2,1H3. The van der Waals surface area contributed by atoms with Gasteiger partial charge in [0.05, 0.1) is 12.2 Å². The minimum absolute atomic E-state index is 0.0254. The van der Waals surface area contributed by atoms with Crippen LogP contribution in [0.1, 0.15) is 21.8 Å². The molecule has 0 radical (unpaired) electrons. The molecule has 1 aliphatic heterocycles. The minimum Gasteiger partial charge on any atom is -0.361 e. The van der Waals surface area contributed by atoms with Gasteiger partial charge in [0.25, 0.3) is 5.91 Å². The van der Waals surface area contributed by atoms with Gasteiger partial charge in [0, 0.05) is 17.0 Å². The Morgan fingerprint density at radius 3 is 2.75 bits per heavy atom. The van der Waals surface area contributed by atoms with Crippen molar-refractivity contribution < 1.29 is 9.32 Å². The highest BCUT2D eigenvalue weighted by molar-refractivity contribution is 6.24. The second-order valence-electron chi connectivity index (χ2n) is 5.00. The zero-order valence-electron chi connectivity index (χ0n) is 11.0. The summed E-state index contributed by atoms with van der Waals surface area (Å²) in [5.41, 5.74) is 2.47. The van der Waals surface area contributed by atoms with Crippen molar-refractivity contribution in [2.45, 2.75) is 13.5 Å². The summed E-state index contributed by atoms with van der Waals surface area (Å²) in [6.45, 7) is 2.28. The quantitative estimate of drug-likeness (QED) is 0.713. The van der Waals surface area contributed by atoms with Crippen molar-refractivity contribution in [3.63, 3.8) is 0 Å². The molecule has 0 atom stereocenters. The molecule has 0 spiro atoms. The summed E-state index contributed by atoms with van der Waals surface area (Å²) in [7, 11) is 0. The summed E-state index contributed by atoms with van der Waals surface area (Å²) < 4.78 is 5.07. The van der Waals surface area contributed by atoms with Gasteiger partial charge in [-0.15, -0.1) is 0 Å². The number of carbonyl (C=O) groups excluding carboxylic acids is 1. The Labute approximate surface area is 115 Å². The van der Waals surface area contributed by atoms with Crippen LogP contribution < -0.4 is 4.90 Å². The molecule has 2 aromatic carbocycles. The highest BCUT2D eigenvalue weighted by atomic mass is 16.5. The molecule has 0 saturated heterocycles. The van der Waals surface area contributed by atoms with Crippen LogP contribution >= 0.6 is 0 Å². The van der Waals surface area contributed by atoms with E-state index in [2.05, 4.69) is 5.16 Å². The van der Waals surface area contributed by atoms with E-state index in [4.69, 9.17) is 4.52 Å². The normalized spacial score (nSPS) is 13.4. The molecule has 0 bridgehead atoms. The highest BCUT2D eigenvalue weighted by Crippen LogP contribution is 2.37. The molecule has 1 aliphatic rings. The number of anilines is 1. The summed E-state index contributed by atoms with van der Waals surface area (Å²) in [4.78, 5) is 14.3. The third kappa shape index (κ3) is 1.48. The Hall–Kier alpha value is -2.62. The van der Waals surface area contributed by atoms with E-state index in [0.29, 0.717) is 6.54 Å². The van der Waals surface area contributed by atoms with Crippen molar-refractivity contribution in [3.8, 4) is 0 Å². The van der Waals surface area contributed by atoms with Crippen LogP contribution in [0.4, 0.5) is 5.69 Å². The lowest BCUT2D eigenvalue weighted by Gasteiger charge is -2.15. The smallest absolute Gasteiger partial charge is 0.259 e. The SMILES string of the molecule is Cc1cc(CN2C(=O)c3cccc4cccc2c34)no1. The van der Waals surface area contributed by atoms with Gasteiger partial charge >= 0.3 is 0 Å². The van der Waals surface area contributed by atoms with Crippen molar-refractivity contribution in [2.24, 2.45) is 0 Å². The first-order valence-corrected chi connectivity index (χ1v) is 6.50. The first-order valence-electron chi connectivity index (χ1n) is 6.50. The third-order valence-electron chi connectivity index (χ3n) is 3.65. The molecule has 0 N–H and O–H groups in total. The maximum absolute atomic E-state index is 12.6. The maximum Gasteiger partial charge on any atom is 0.259 e. The van der Waals surface area contributed by atoms with E-state index in [-0.39, 0.29) is 5.91 Å². The predicted octanol–water partition coefficient (Wildman–Crippen LogP) is 3.30. The van der Waals surface area contributed by atoms with Crippen molar-refractivity contribution >= 4 is 22.4 Å². The fourth-order valence-corrected chi connectivity index (χ4v) is 2.79. The third-order valence-corrected chi connectivity index (χ3v) is 3.65. The molecule has 4 heteroatoms. The second kappa shape index (κ2) is 3.93. The van der Waals surface area contributed by atoms with Crippen molar-refractivity contribution in [2.75, 3.05) is 4.90 Å². The van der Waals surface area contributed by atoms with E-state index in [1.807, 2.05) is 49.4 Å². The number of benzene rings is 2. The zero-order chi connectivity index (χ0) is 13.7. The molecule has 1 amide bonds. The number of aryl methyl sites for hydroxylation is 1. The molecule has 0 unspecified atom stereocenters. The molecular formula is C16H12N2O2. The summed E-state index contributed by atoms with van der Waals surface area (Å²) in [5.74, 6) is 0.778. The molecule has 0 aliphatic carbocycles. The zero-order valence-corrected chi connectivity index (χ0v) is 11.0. The molecule has 4 rings (SSSR count). The van der Waals surface area contributed by atoms with E-state index >= 15 is 0 Å². The lowest BCUT2D eigenvalue weighted by Crippen LogP contribution is -2.26. The van der Waals surface area contributed by atoms with E-state index in [9.17, 15) is 4.79 Å². The monoisotopic (exact) mass is 264 g/mol. The minimum atomic E-state index is 0.0254. The highest BCUT2D eigenvalue weighted by Gasteiger charge is 2.29. The van der Waals surface area contributed by atoms with Crippen LogP contribution in [0.3, 0.4) is 0 Å². The lowest BCUT2D eigenvalue weighted by atomic mass is 10.1. The predicted molar refractivity (Wildman–Crippen MR) is 75.7 cm³/mol. The fraction of sp³-hybridized carbons (Fsp3) is 0.125. The van der Waals surface area contributed by atoms with Crippen molar-refractivity contribution in [3.05, 3.63) is 59.5 Å². The summed E-state index contributed by atoms with van der Waals surface area (Å²) >= 11 is 0. The van der Waals surface area contributed by atoms with Gasteiger partial charge in [0.1, 0.15) is 11.5 Å². The average Bonchev–Trinajstić information content (AvgIpc) is 2.98. The Kier molecular flexibility index (Phi) is 2.21. The fourth-order valence-electron chi connectivity index (χ4n) is 2.79. The van der Waals surface area contributed by atoms with Crippen LogP contribution in [0.5, 0.6) is 0 Å². The van der Waals surface area contributed by atoms with Crippen LogP contribution in [-0.4, -0.2) is 11.1 Å². The molecule has 98 valence electrons. The maximum atomic E-state index is 12.6. The van der Waals surface area contributed by atoms with E-state index < -0.39 is 0 Å². The van der Waals surface area contributed by atoms with Crippen LogP contribution in [0, 0.1) is 6.92 Å². The van der Waals surface area contributed by atoms with Crippen molar-refractivity contribution in [1.82, 2.24) is 5.16 Å². The Bertz CT molecular complexity index is 830. The van der Waals surface area contributed by atoms with Gasteiger partial charge in [-0.3, -0.25) is 4.79 Å². The summed E-state index contributed by atoms with van der Waals surface area (Å²) in [6, 6.07) is 13.7. The topological polar surface area (TPSA) is 46.3 Å².